The average molecular weight is 227 g/mol. The van der Waals surface area contributed by atoms with Crippen LogP contribution in [0.3, 0.4) is 0 Å². The number of ether oxygens (including phenoxy) is 1. The minimum Gasteiger partial charge on any atom is -0.378 e. The first kappa shape index (κ1) is 14.0. The summed E-state index contributed by atoms with van der Waals surface area (Å²) in [5, 5.41) is 3.60. The molecule has 0 aromatic carbocycles. The molecule has 96 valence electrons. The molecule has 1 aliphatic rings. The van der Waals surface area contributed by atoms with Crippen LogP contribution in [-0.4, -0.2) is 25.3 Å². The third kappa shape index (κ3) is 5.86. The van der Waals surface area contributed by atoms with Gasteiger partial charge in [-0.05, 0) is 45.1 Å². The fraction of sp³-hybridized carbons (Fsp3) is 1.00. The summed E-state index contributed by atoms with van der Waals surface area (Å²) >= 11 is 0. The molecule has 0 saturated carbocycles. The lowest BCUT2D eigenvalue weighted by molar-refractivity contribution is 0.101. The van der Waals surface area contributed by atoms with E-state index < -0.39 is 0 Å². The molecular weight excluding hydrogens is 198 g/mol. The van der Waals surface area contributed by atoms with E-state index in [4.69, 9.17) is 4.74 Å². The van der Waals surface area contributed by atoms with Crippen LogP contribution in [0.15, 0.2) is 0 Å². The lowest BCUT2D eigenvalue weighted by Crippen LogP contribution is -2.29. The summed E-state index contributed by atoms with van der Waals surface area (Å²) in [5.74, 6) is 0. The summed E-state index contributed by atoms with van der Waals surface area (Å²) in [6, 6.07) is 0.742. The highest BCUT2D eigenvalue weighted by Crippen LogP contribution is 2.19. The molecule has 0 aliphatic carbocycles. The lowest BCUT2D eigenvalue weighted by atomic mass is 10.0. The van der Waals surface area contributed by atoms with E-state index in [9.17, 15) is 0 Å². The minimum atomic E-state index is 0.577. The predicted octanol–water partition coefficient (Wildman–Crippen LogP) is 3.50. The van der Waals surface area contributed by atoms with Gasteiger partial charge < -0.3 is 10.1 Å². The maximum atomic E-state index is 5.66. The van der Waals surface area contributed by atoms with Crippen LogP contribution < -0.4 is 5.32 Å². The van der Waals surface area contributed by atoms with E-state index in [-0.39, 0.29) is 0 Å². The van der Waals surface area contributed by atoms with Gasteiger partial charge in [-0.2, -0.15) is 0 Å². The number of hydrogen-bond donors (Lipinski definition) is 1. The number of unbranched alkanes of at least 4 members (excludes halogenated alkanes) is 1. The second kappa shape index (κ2) is 9.00. The molecule has 1 fully saturated rings. The van der Waals surface area contributed by atoms with Crippen LogP contribution in [0.5, 0.6) is 0 Å². The summed E-state index contributed by atoms with van der Waals surface area (Å²) in [7, 11) is 0. The molecule has 1 rings (SSSR count). The van der Waals surface area contributed by atoms with Gasteiger partial charge in [-0.1, -0.05) is 26.7 Å². The van der Waals surface area contributed by atoms with Crippen molar-refractivity contribution in [2.24, 2.45) is 0 Å². The van der Waals surface area contributed by atoms with Gasteiger partial charge >= 0.3 is 0 Å². The van der Waals surface area contributed by atoms with Crippen LogP contribution in [-0.2, 0) is 4.74 Å². The van der Waals surface area contributed by atoms with E-state index in [2.05, 4.69) is 19.2 Å². The van der Waals surface area contributed by atoms with Crippen molar-refractivity contribution in [3.63, 3.8) is 0 Å². The highest BCUT2D eigenvalue weighted by Gasteiger charge is 2.15. The number of rotatable bonds is 9. The van der Waals surface area contributed by atoms with Crippen molar-refractivity contribution >= 4 is 0 Å². The summed E-state index contributed by atoms with van der Waals surface area (Å²) in [6.45, 7) is 6.58. The first-order valence-electron chi connectivity index (χ1n) is 7.21. The molecule has 0 aromatic heterocycles. The van der Waals surface area contributed by atoms with Crippen molar-refractivity contribution in [1.82, 2.24) is 5.32 Å². The van der Waals surface area contributed by atoms with Gasteiger partial charge in [0.2, 0.25) is 0 Å². The topological polar surface area (TPSA) is 21.3 Å². The zero-order valence-corrected chi connectivity index (χ0v) is 11.1. The Morgan fingerprint density at radius 1 is 1.25 bits per heavy atom. The number of hydrogen-bond acceptors (Lipinski definition) is 2. The quantitative estimate of drug-likeness (QED) is 0.651. The standard InChI is InChI=1S/C14H29NO/c1-3-5-8-13(15-4-2)9-6-10-14-11-7-12-16-14/h13-15H,3-12H2,1-2H3. The molecule has 1 aliphatic heterocycles. The van der Waals surface area contributed by atoms with E-state index in [0.29, 0.717) is 6.10 Å². The second-order valence-corrected chi connectivity index (χ2v) is 4.96. The normalized spacial score (nSPS) is 22.5. The van der Waals surface area contributed by atoms with Crippen LogP contribution in [0.1, 0.15) is 65.2 Å². The van der Waals surface area contributed by atoms with Gasteiger partial charge in [0.25, 0.3) is 0 Å². The second-order valence-electron chi connectivity index (χ2n) is 4.96. The van der Waals surface area contributed by atoms with Gasteiger partial charge in [0.15, 0.2) is 0 Å². The first-order valence-corrected chi connectivity index (χ1v) is 7.21. The van der Waals surface area contributed by atoms with Crippen molar-refractivity contribution < 1.29 is 4.74 Å². The Morgan fingerprint density at radius 2 is 2.06 bits per heavy atom. The smallest absolute Gasteiger partial charge is 0.0576 e. The predicted molar refractivity (Wildman–Crippen MR) is 69.8 cm³/mol. The van der Waals surface area contributed by atoms with Gasteiger partial charge in [-0.25, -0.2) is 0 Å². The van der Waals surface area contributed by atoms with Crippen molar-refractivity contribution in [2.45, 2.75) is 77.4 Å². The summed E-state index contributed by atoms with van der Waals surface area (Å²) in [4.78, 5) is 0. The summed E-state index contributed by atoms with van der Waals surface area (Å²) in [5.41, 5.74) is 0. The molecule has 0 spiro atoms. The van der Waals surface area contributed by atoms with Gasteiger partial charge in [0.1, 0.15) is 0 Å². The molecule has 0 radical (unpaired) electrons. The molecule has 2 unspecified atom stereocenters. The van der Waals surface area contributed by atoms with Crippen molar-refractivity contribution in [3.05, 3.63) is 0 Å². The summed E-state index contributed by atoms with van der Waals surface area (Å²) < 4.78 is 5.66. The molecule has 1 heterocycles. The molecule has 1 N–H and O–H groups in total. The van der Waals surface area contributed by atoms with Crippen LogP contribution in [0.2, 0.25) is 0 Å². The van der Waals surface area contributed by atoms with Gasteiger partial charge in [0, 0.05) is 12.6 Å². The van der Waals surface area contributed by atoms with Crippen LogP contribution in [0, 0.1) is 0 Å². The zero-order chi connectivity index (χ0) is 11.6. The van der Waals surface area contributed by atoms with E-state index in [0.717, 1.165) is 19.2 Å². The van der Waals surface area contributed by atoms with Crippen molar-refractivity contribution in [3.8, 4) is 0 Å². The third-order valence-electron chi connectivity index (χ3n) is 3.50. The fourth-order valence-electron chi connectivity index (χ4n) is 2.55. The van der Waals surface area contributed by atoms with Crippen molar-refractivity contribution in [2.75, 3.05) is 13.2 Å². The summed E-state index contributed by atoms with van der Waals surface area (Å²) in [6.07, 6.45) is 11.1. The average Bonchev–Trinajstić information content (AvgIpc) is 2.79. The van der Waals surface area contributed by atoms with E-state index in [1.807, 2.05) is 0 Å². The Bertz CT molecular complexity index is 155. The molecule has 1 saturated heterocycles. The zero-order valence-electron chi connectivity index (χ0n) is 11.1. The fourth-order valence-corrected chi connectivity index (χ4v) is 2.55. The van der Waals surface area contributed by atoms with Crippen LogP contribution in [0.4, 0.5) is 0 Å². The Balaban J connectivity index is 2.05. The maximum absolute atomic E-state index is 5.66. The van der Waals surface area contributed by atoms with E-state index in [1.165, 1.54) is 51.4 Å². The molecule has 0 amide bonds. The van der Waals surface area contributed by atoms with Gasteiger partial charge in [-0.3, -0.25) is 0 Å². The molecule has 2 heteroatoms. The van der Waals surface area contributed by atoms with Crippen LogP contribution in [0.25, 0.3) is 0 Å². The largest absolute Gasteiger partial charge is 0.378 e. The van der Waals surface area contributed by atoms with Crippen LogP contribution >= 0.6 is 0 Å². The Labute approximate surface area is 101 Å². The molecule has 2 atom stereocenters. The molecule has 16 heavy (non-hydrogen) atoms. The number of nitrogens with one attached hydrogen (secondary N) is 1. The Morgan fingerprint density at radius 3 is 2.69 bits per heavy atom. The van der Waals surface area contributed by atoms with Crippen molar-refractivity contribution in [1.29, 1.82) is 0 Å². The Kier molecular flexibility index (Phi) is 7.87. The first-order chi connectivity index (χ1) is 7.86. The SMILES string of the molecule is CCCCC(CCCC1CCCO1)NCC. The third-order valence-corrected chi connectivity index (χ3v) is 3.50. The maximum Gasteiger partial charge on any atom is 0.0576 e. The highest BCUT2D eigenvalue weighted by molar-refractivity contribution is 4.69. The van der Waals surface area contributed by atoms with Gasteiger partial charge in [-0.15, -0.1) is 0 Å². The van der Waals surface area contributed by atoms with E-state index in [1.54, 1.807) is 0 Å². The lowest BCUT2D eigenvalue weighted by Gasteiger charge is -2.18. The Hall–Kier alpha value is -0.0800. The highest BCUT2D eigenvalue weighted by atomic mass is 16.5. The van der Waals surface area contributed by atoms with E-state index >= 15 is 0 Å². The molecule has 0 aromatic rings. The molecule has 0 bridgehead atoms. The van der Waals surface area contributed by atoms with Gasteiger partial charge in [0.05, 0.1) is 6.10 Å². The monoisotopic (exact) mass is 227 g/mol. The molecule has 2 nitrogen and oxygen atoms in total. The minimum absolute atomic E-state index is 0.577. The molecular formula is C14H29NO.